The standard InChI is InChI=1S/C39H48F3N6O7P/c1-4-7-10-14-26(15-11-8-5-2)23-52-37(50)31(20-27-18-28(40)21-29(41)19-27)47-56(51,55-30-16-12-9-13-17-30)53-24-39(6-3)32(49)22-33(54-39)48-25-44-34-35(43)45-38(42)46-36(34)48/h3,9,12-13,16-19,21,25-26,31-33,49H,4-5,7-8,10-11,14-15,20,22-24H2,1-2H3,(H,47,51)(H2,43,45,46)/t31-,32-,33+,39+,56?/m0/s1. The van der Waals surface area contributed by atoms with E-state index >= 15 is 0 Å². The number of aliphatic hydroxyl groups excluding tert-OH is 1. The van der Waals surface area contributed by atoms with Crippen molar-refractivity contribution in [3.8, 4) is 18.1 Å². The molecule has 2 aromatic heterocycles. The molecule has 1 saturated heterocycles. The molecule has 302 valence electrons. The first kappa shape index (κ1) is 42.6. The Hall–Kier alpha value is -4.52. The van der Waals surface area contributed by atoms with E-state index in [9.17, 15) is 27.6 Å². The highest BCUT2D eigenvalue weighted by Gasteiger charge is 2.50. The summed E-state index contributed by atoms with van der Waals surface area (Å²) in [6, 6.07) is 9.21. The van der Waals surface area contributed by atoms with E-state index in [0.29, 0.717) is 6.07 Å². The predicted octanol–water partition coefficient (Wildman–Crippen LogP) is 7.20. The van der Waals surface area contributed by atoms with E-state index in [4.69, 9.17) is 30.7 Å². The number of aliphatic hydroxyl groups is 1. The molecule has 5 atom stereocenters. The molecule has 4 aromatic rings. The van der Waals surface area contributed by atoms with Gasteiger partial charge in [-0.25, -0.2) is 18.3 Å². The lowest BCUT2D eigenvalue weighted by atomic mass is 9.96. The van der Waals surface area contributed by atoms with Gasteiger partial charge in [-0.3, -0.25) is 13.9 Å². The number of esters is 1. The third kappa shape index (κ3) is 11.1. The zero-order chi connectivity index (χ0) is 40.3. The van der Waals surface area contributed by atoms with E-state index in [-0.39, 0.29) is 53.7 Å². The number of fused-ring (bicyclic) bond motifs is 1. The molecule has 0 aliphatic carbocycles. The molecule has 13 nitrogen and oxygen atoms in total. The minimum absolute atomic E-state index is 0.0196. The Labute approximate surface area is 324 Å². The van der Waals surface area contributed by atoms with Crippen LogP contribution in [0.4, 0.5) is 19.0 Å². The van der Waals surface area contributed by atoms with Gasteiger partial charge in [-0.1, -0.05) is 76.5 Å². The fourth-order valence-corrected chi connectivity index (χ4v) is 8.07. The molecular formula is C39H48F3N6O7P. The average Bonchev–Trinajstić information content (AvgIpc) is 3.73. The van der Waals surface area contributed by atoms with Crippen LogP contribution in [0.25, 0.3) is 11.2 Å². The monoisotopic (exact) mass is 800 g/mol. The molecule has 1 unspecified atom stereocenters. The van der Waals surface area contributed by atoms with Gasteiger partial charge in [-0.05, 0) is 55.0 Å². The average molecular weight is 801 g/mol. The Balaban J connectivity index is 1.41. The number of hydrogen-bond donors (Lipinski definition) is 3. The van der Waals surface area contributed by atoms with Crippen molar-refractivity contribution >= 4 is 30.7 Å². The van der Waals surface area contributed by atoms with Crippen molar-refractivity contribution in [3.63, 3.8) is 0 Å². The van der Waals surface area contributed by atoms with E-state index in [1.165, 1.54) is 23.0 Å². The number of nitrogens with zero attached hydrogens (tertiary/aromatic N) is 4. The topological polar surface area (TPSA) is 173 Å². The molecule has 1 aliphatic rings. The van der Waals surface area contributed by atoms with Gasteiger partial charge in [-0.2, -0.15) is 19.4 Å². The summed E-state index contributed by atoms with van der Waals surface area (Å²) in [6.07, 6.45) is 10.8. The molecule has 2 aromatic carbocycles. The Morgan fingerprint density at radius 1 is 1.11 bits per heavy atom. The highest BCUT2D eigenvalue weighted by molar-refractivity contribution is 7.52. The molecule has 0 saturated carbocycles. The van der Waals surface area contributed by atoms with Crippen molar-refractivity contribution in [2.45, 2.75) is 102 Å². The van der Waals surface area contributed by atoms with Crippen molar-refractivity contribution < 1.29 is 46.2 Å². The predicted molar refractivity (Wildman–Crippen MR) is 202 cm³/mol. The van der Waals surface area contributed by atoms with Gasteiger partial charge in [0.25, 0.3) is 0 Å². The molecule has 0 spiro atoms. The van der Waals surface area contributed by atoms with Gasteiger partial charge in [-0.15, -0.1) is 6.42 Å². The normalized spacial score (nSPS) is 19.8. The van der Waals surface area contributed by atoms with Crippen molar-refractivity contribution in [3.05, 3.63) is 78.1 Å². The van der Waals surface area contributed by atoms with Crippen LogP contribution >= 0.6 is 7.75 Å². The number of carbonyl (C=O) groups excluding carboxylic acids is 1. The summed E-state index contributed by atoms with van der Waals surface area (Å²) >= 11 is 0. The minimum atomic E-state index is -4.70. The summed E-state index contributed by atoms with van der Waals surface area (Å²) < 4.78 is 82.6. The van der Waals surface area contributed by atoms with Gasteiger partial charge in [0.1, 0.15) is 42.4 Å². The summed E-state index contributed by atoms with van der Waals surface area (Å²) in [4.78, 5) is 25.3. The number of halogens is 3. The van der Waals surface area contributed by atoms with Crippen LogP contribution in [0.2, 0.25) is 0 Å². The Morgan fingerprint density at radius 2 is 1.79 bits per heavy atom. The number of rotatable bonds is 21. The van der Waals surface area contributed by atoms with Gasteiger partial charge >= 0.3 is 19.8 Å². The molecule has 0 radical (unpaired) electrons. The summed E-state index contributed by atoms with van der Waals surface area (Å²) in [5.74, 6) is -0.278. The number of nitrogens with two attached hydrogens (primary N) is 1. The van der Waals surface area contributed by atoms with Crippen LogP contribution in [-0.4, -0.2) is 61.6 Å². The number of terminal acetylenes is 1. The Kier molecular flexibility index (Phi) is 14.9. The van der Waals surface area contributed by atoms with Crippen LogP contribution in [0.5, 0.6) is 5.75 Å². The molecule has 56 heavy (non-hydrogen) atoms. The van der Waals surface area contributed by atoms with E-state index in [1.54, 1.807) is 18.2 Å². The van der Waals surface area contributed by atoms with Crippen molar-refractivity contribution in [1.29, 1.82) is 0 Å². The number of unbranched alkanes of at least 4 members (excludes halogenated alkanes) is 4. The minimum Gasteiger partial charge on any atom is -0.464 e. The maximum atomic E-state index is 14.8. The lowest BCUT2D eigenvalue weighted by molar-refractivity contribution is -0.147. The third-order valence-corrected chi connectivity index (χ3v) is 11.1. The van der Waals surface area contributed by atoms with E-state index in [1.807, 2.05) is 0 Å². The second kappa shape index (κ2) is 19.6. The molecule has 0 bridgehead atoms. The summed E-state index contributed by atoms with van der Waals surface area (Å²) in [6.45, 7) is 3.55. The number of nitrogen functional groups attached to an aromatic ring is 1. The van der Waals surface area contributed by atoms with Gasteiger partial charge in [0.15, 0.2) is 22.6 Å². The molecule has 1 aliphatic heterocycles. The molecule has 17 heteroatoms. The number of ether oxygens (including phenoxy) is 2. The van der Waals surface area contributed by atoms with Crippen LogP contribution in [0, 0.1) is 36.0 Å². The first-order valence-electron chi connectivity index (χ1n) is 18.7. The number of anilines is 1. The highest BCUT2D eigenvalue weighted by Crippen LogP contribution is 2.48. The van der Waals surface area contributed by atoms with Crippen molar-refractivity contribution in [2.24, 2.45) is 5.92 Å². The number of para-hydroxylation sites is 1. The molecule has 1 fully saturated rings. The molecule has 5 rings (SSSR count). The number of benzene rings is 2. The second-order valence-corrected chi connectivity index (χ2v) is 15.6. The first-order valence-corrected chi connectivity index (χ1v) is 20.3. The molecular weight excluding hydrogens is 752 g/mol. The van der Waals surface area contributed by atoms with E-state index < -0.39 is 62.0 Å². The maximum absolute atomic E-state index is 14.8. The summed E-state index contributed by atoms with van der Waals surface area (Å²) in [5.41, 5.74) is 3.99. The zero-order valence-electron chi connectivity index (χ0n) is 31.4. The highest BCUT2D eigenvalue weighted by atomic mass is 31.2. The number of hydrogen-bond acceptors (Lipinski definition) is 11. The van der Waals surface area contributed by atoms with Gasteiger partial charge in [0, 0.05) is 12.5 Å². The summed E-state index contributed by atoms with van der Waals surface area (Å²) in [5, 5.41) is 13.9. The van der Waals surface area contributed by atoms with Gasteiger partial charge in [0.05, 0.1) is 12.9 Å². The Morgan fingerprint density at radius 3 is 2.43 bits per heavy atom. The van der Waals surface area contributed by atoms with E-state index in [0.717, 1.165) is 63.5 Å². The van der Waals surface area contributed by atoms with Crippen LogP contribution < -0.4 is 15.3 Å². The molecule has 4 N–H and O–H groups in total. The second-order valence-electron chi connectivity index (χ2n) is 13.9. The Bertz CT molecular complexity index is 1990. The maximum Gasteiger partial charge on any atom is 0.459 e. The SMILES string of the molecule is C#C[C@]1(COP(=O)(N[C@@H](Cc2cc(F)cc(F)c2)C(=O)OCC(CCCCC)CCCCC)Oc2ccccc2)O[C@@H](n2cnc3c(N)nc(F)nc32)C[C@@H]1O. The van der Waals surface area contributed by atoms with Crippen LogP contribution in [-0.2, 0) is 29.8 Å². The quantitative estimate of drug-likeness (QED) is 0.0255. The van der Waals surface area contributed by atoms with Crippen LogP contribution in [0.1, 0.15) is 83.4 Å². The number of nitrogens with one attached hydrogen (secondary N) is 1. The molecule has 0 amide bonds. The van der Waals surface area contributed by atoms with Gasteiger partial charge in [0.2, 0.25) is 0 Å². The fraction of sp³-hybridized carbons (Fsp3) is 0.487. The van der Waals surface area contributed by atoms with E-state index in [2.05, 4.69) is 39.8 Å². The van der Waals surface area contributed by atoms with Crippen LogP contribution in [0.15, 0.2) is 54.9 Å². The number of imidazole rings is 1. The fourth-order valence-electron chi connectivity index (χ4n) is 6.55. The van der Waals surface area contributed by atoms with Crippen molar-refractivity contribution in [2.75, 3.05) is 18.9 Å². The third-order valence-electron chi connectivity index (χ3n) is 9.56. The van der Waals surface area contributed by atoms with Gasteiger partial charge < -0.3 is 24.8 Å². The first-order chi connectivity index (χ1) is 26.9. The largest absolute Gasteiger partial charge is 0.464 e. The number of carbonyl (C=O) groups is 1. The molecule has 3 heterocycles. The summed E-state index contributed by atoms with van der Waals surface area (Å²) in [7, 11) is -4.70. The zero-order valence-corrected chi connectivity index (χ0v) is 32.3. The lowest BCUT2D eigenvalue weighted by Crippen LogP contribution is -2.44. The van der Waals surface area contributed by atoms with Crippen LogP contribution in [0.3, 0.4) is 0 Å². The smallest absolute Gasteiger partial charge is 0.459 e. The number of aromatic nitrogens is 4. The lowest BCUT2D eigenvalue weighted by Gasteiger charge is -2.30. The van der Waals surface area contributed by atoms with Crippen molar-refractivity contribution in [1.82, 2.24) is 24.6 Å².